The van der Waals surface area contributed by atoms with Gasteiger partial charge in [-0.15, -0.1) is 11.8 Å². The smallest absolute Gasteiger partial charge is 0.0495 e. The molecule has 4 aromatic rings. The highest BCUT2D eigenvalue weighted by Gasteiger charge is 2.10. The van der Waals surface area contributed by atoms with Gasteiger partial charge in [-0.25, -0.2) is 0 Å². The fourth-order valence-corrected chi connectivity index (χ4v) is 4.73. The fourth-order valence-electron chi connectivity index (χ4n) is 3.58. The lowest BCUT2D eigenvalue weighted by atomic mass is 10.1. The van der Waals surface area contributed by atoms with Crippen LogP contribution in [-0.2, 0) is 12.3 Å². The van der Waals surface area contributed by atoms with Crippen molar-refractivity contribution in [2.75, 3.05) is 0 Å². The molecule has 0 aliphatic rings. The average Bonchev–Trinajstić information content (AvgIpc) is 3.00. The zero-order chi connectivity index (χ0) is 18.8. The van der Waals surface area contributed by atoms with E-state index in [1.165, 1.54) is 43.6 Å². The summed E-state index contributed by atoms with van der Waals surface area (Å²) in [4.78, 5) is 1.36. The molecule has 3 aromatic carbocycles. The van der Waals surface area contributed by atoms with Gasteiger partial charge in [0.05, 0.1) is 0 Å². The van der Waals surface area contributed by atoms with E-state index in [9.17, 15) is 0 Å². The average molecular weight is 372 g/mol. The second-order valence-electron chi connectivity index (χ2n) is 7.35. The van der Waals surface area contributed by atoms with Crippen molar-refractivity contribution < 1.29 is 0 Å². The van der Waals surface area contributed by atoms with Gasteiger partial charge in [0.1, 0.15) is 0 Å². The number of rotatable bonds is 5. The van der Waals surface area contributed by atoms with Crippen LogP contribution in [0.2, 0.25) is 0 Å². The van der Waals surface area contributed by atoms with Crippen molar-refractivity contribution in [2.45, 2.75) is 38.0 Å². The van der Waals surface area contributed by atoms with E-state index < -0.39 is 0 Å². The van der Waals surface area contributed by atoms with Crippen LogP contribution in [0.15, 0.2) is 77.8 Å². The standard InChI is InChI=1S/C25H25NS/c1-18-7-6-8-21(13-18)15-26-16-25(23-9-4-5-10-24(23)26)27-17-22-14-19(2)11-12-20(22)3/h4-14,16H,15,17H2,1-3H3. The molecule has 0 aliphatic heterocycles. The highest BCUT2D eigenvalue weighted by Crippen LogP contribution is 2.33. The maximum atomic E-state index is 2.38. The van der Waals surface area contributed by atoms with Crippen molar-refractivity contribution >= 4 is 22.7 Å². The third-order valence-electron chi connectivity index (χ3n) is 5.08. The maximum absolute atomic E-state index is 2.38. The zero-order valence-corrected chi connectivity index (χ0v) is 17.0. The van der Waals surface area contributed by atoms with Gasteiger partial charge in [-0.05, 0) is 43.5 Å². The van der Waals surface area contributed by atoms with E-state index in [1.54, 1.807) is 0 Å². The van der Waals surface area contributed by atoms with E-state index >= 15 is 0 Å². The lowest BCUT2D eigenvalue weighted by Crippen LogP contribution is -1.97. The first-order valence-electron chi connectivity index (χ1n) is 9.42. The van der Waals surface area contributed by atoms with Crippen molar-refractivity contribution in [3.05, 3.63) is 101 Å². The number of benzene rings is 3. The maximum Gasteiger partial charge on any atom is 0.0495 e. The predicted molar refractivity (Wildman–Crippen MR) is 118 cm³/mol. The van der Waals surface area contributed by atoms with Crippen molar-refractivity contribution in [1.82, 2.24) is 4.57 Å². The summed E-state index contributed by atoms with van der Waals surface area (Å²) in [6.45, 7) is 7.44. The van der Waals surface area contributed by atoms with Crippen LogP contribution in [0, 0.1) is 20.8 Å². The number of thioether (sulfide) groups is 1. The molecule has 0 amide bonds. The molecular weight excluding hydrogens is 346 g/mol. The molecule has 136 valence electrons. The van der Waals surface area contributed by atoms with Gasteiger partial charge < -0.3 is 4.57 Å². The number of hydrogen-bond donors (Lipinski definition) is 0. The Morgan fingerprint density at radius 3 is 2.48 bits per heavy atom. The van der Waals surface area contributed by atoms with E-state index in [0.29, 0.717) is 0 Å². The molecular formula is C25H25NS. The molecule has 4 rings (SSSR count). The Bertz CT molecular complexity index is 1090. The van der Waals surface area contributed by atoms with E-state index in [4.69, 9.17) is 0 Å². The van der Waals surface area contributed by atoms with Crippen molar-refractivity contribution in [1.29, 1.82) is 0 Å². The van der Waals surface area contributed by atoms with E-state index in [-0.39, 0.29) is 0 Å². The largest absolute Gasteiger partial charge is 0.342 e. The van der Waals surface area contributed by atoms with Gasteiger partial charge in [0, 0.05) is 34.3 Å². The number of nitrogens with zero attached hydrogens (tertiary/aromatic N) is 1. The first-order chi connectivity index (χ1) is 13.1. The number of aromatic nitrogens is 1. The van der Waals surface area contributed by atoms with Crippen molar-refractivity contribution in [3.63, 3.8) is 0 Å². The van der Waals surface area contributed by atoms with Gasteiger partial charge in [-0.2, -0.15) is 0 Å². The van der Waals surface area contributed by atoms with Crippen LogP contribution >= 0.6 is 11.8 Å². The van der Waals surface area contributed by atoms with Gasteiger partial charge in [0.2, 0.25) is 0 Å². The summed E-state index contributed by atoms with van der Waals surface area (Å²) in [5.41, 5.74) is 8.10. The predicted octanol–water partition coefficient (Wildman–Crippen LogP) is 6.91. The molecule has 1 aromatic heterocycles. The van der Waals surface area contributed by atoms with Gasteiger partial charge >= 0.3 is 0 Å². The fraction of sp³-hybridized carbons (Fsp3) is 0.200. The van der Waals surface area contributed by atoms with E-state index in [1.807, 2.05) is 11.8 Å². The molecule has 27 heavy (non-hydrogen) atoms. The monoisotopic (exact) mass is 371 g/mol. The second-order valence-corrected chi connectivity index (χ2v) is 8.36. The highest BCUT2D eigenvalue weighted by atomic mass is 32.2. The first kappa shape index (κ1) is 17.9. The molecule has 0 saturated carbocycles. The summed E-state index contributed by atoms with van der Waals surface area (Å²) >= 11 is 1.94. The minimum atomic E-state index is 0.909. The van der Waals surface area contributed by atoms with Crippen LogP contribution in [0.5, 0.6) is 0 Å². The molecule has 0 fully saturated rings. The molecule has 1 heterocycles. The molecule has 0 unspecified atom stereocenters. The zero-order valence-electron chi connectivity index (χ0n) is 16.2. The molecule has 0 N–H and O–H groups in total. The van der Waals surface area contributed by atoms with Gasteiger partial charge in [-0.1, -0.05) is 71.8 Å². The van der Waals surface area contributed by atoms with Crippen LogP contribution < -0.4 is 0 Å². The summed E-state index contributed by atoms with van der Waals surface area (Å²) in [6, 6.07) is 24.3. The summed E-state index contributed by atoms with van der Waals surface area (Å²) in [7, 11) is 0. The Balaban J connectivity index is 1.64. The lowest BCUT2D eigenvalue weighted by molar-refractivity contribution is 0.829. The van der Waals surface area contributed by atoms with Gasteiger partial charge in [0.15, 0.2) is 0 Å². The highest BCUT2D eigenvalue weighted by molar-refractivity contribution is 7.98. The lowest BCUT2D eigenvalue weighted by Gasteiger charge is -2.07. The van der Waals surface area contributed by atoms with Crippen LogP contribution in [-0.4, -0.2) is 4.57 Å². The third kappa shape index (κ3) is 3.96. The Morgan fingerprint density at radius 2 is 1.63 bits per heavy atom. The normalized spacial score (nSPS) is 11.2. The van der Waals surface area contributed by atoms with Crippen LogP contribution in [0.1, 0.15) is 27.8 Å². The number of aryl methyl sites for hydroxylation is 3. The SMILES string of the molecule is Cc1cccc(Cn2cc(SCc3cc(C)ccc3C)c3ccccc32)c1. The molecule has 0 atom stereocenters. The molecule has 0 spiro atoms. The molecule has 1 nitrogen and oxygen atoms in total. The molecule has 2 heteroatoms. The summed E-state index contributed by atoms with van der Waals surface area (Å²) < 4.78 is 2.38. The quantitative estimate of drug-likeness (QED) is 0.345. The van der Waals surface area contributed by atoms with E-state index in [0.717, 1.165) is 12.3 Å². The van der Waals surface area contributed by atoms with Crippen molar-refractivity contribution in [3.8, 4) is 0 Å². The summed E-state index contributed by atoms with van der Waals surface area (Å²) in [5.74, 6) is 1.01. The molecule has 0 bridgehead atoms. The first-order valence-corrected chi connectivity index (χ1v) is 10.4. The van der Waals surface area contributed by atoms with Crippen LogP contribution in [0.3, 0.4) is 0 Å². The minimum Gasteiger partial charge on any atom is -0.342 e. The van der Waals surface area contributed by atoms with Gasteiger partial charge in [0.25, 0.3) is 0 Å². The van der Waals surface area contributed by atoms with Crippen molar-refractivity contribution in [2.24, 2.45) is 0 Å². The minimum absolute atomic E-state index is 0.909. The Hall–Kier alpha value is -2.45. The summed E-state index contributed by atoms with van der Waals surface area (Å²) in [6.07, 6.45) is 2.32. The topological polar surface area (TPSA) is 4.93 Å². The van der Waals surface area contributed by atoms with E-state index in [2.05, 4.69) is 98.3 Å². The second kappa shape index (κ2) is 7.66. The molecule has 0 aliphatic carbocycles. The number of para-hydroxylation sites is 1. The molecule has 0 saturated heterocycles. The Kier molecular flexibility index (Phi) is 5.09. The number of hydrogen-bond acceptors (Lipinski definition) is 1. The molecule has 0 radical (unpaired) electrons. The van der Waals surface area contributed by atoms with Crippen LogP contribution in [0.4, 0.5) is 0 Å². The van der Waals surface area contributed by atoms with Gasteiger partial charge in [-0.3, -0.25) is 0 Å². The number of fused-ring (bicyclic) bond motifs is 1. The Morgan fingerprint density at radius 1 is 0.815 bits per heavy atom. The summed E-state index contributed by atoms with van der Waals surface area (Å²) in [5, 5.41) is 1.35. The third-order valence-corrected chi connectivity index (χ3v) is 6.17. The van der Waals surface area contributed by atoms with Crippen LogP contribution in [0.25, 0.3) is 10.9 Å². The Labute approximate surface area is 166 Å².